The molecule has 1 aromatic rings. The van der Waals surface area contributed by atoms with Gasteiger partial charge in [0.1, 0.15) is 0 Å². The molecule has 0 aliphatic heterocycles. The van der Waals surface area contributed by atoms with Crippen molar-refractivity contribution in [2.24, 2.45) is 0 Å². The van der Waals surface area contributed by atoms with Crippen molar-refractivity contribution in [1.29, 1.82) is 0 Å². The minimum atomic E-state index is -0.736. The summed E-state index contributed by atoms with van der Waals surface area (Å²) >= 11 is 0. The lowest BCUT2D eigenvalue weighted by Gasteiger charge is -2.41. The summed E-state index contributed by atoms with van der Waals surface area (Å²) in [5.74, 6) is -0.0123. The molecule has 1 aromatic carbocycles. The maximum Gasteiger partial charge on any atom is 0.0716 e. The maximum absolute atomic E-state index is 11.5. The Morgan fingerprint density at radius 2 is 1.21 bits per heavy atom. The van der Waals surface area contributed by atoms with Crippen LogP contribution in [0.3, 0.4) is 0 Å². The van der Waals surface area contributed by atoms with Crippen molar-refractivity contribution in [3.8, 4) is 0 Å². The molecule has 24 heavy (non-hydrogen) atoms. The Morgan fingerprint density at radius 1 is 0.750 bits per heavy atom. The summed E-state index contributed by atoms with van der Waals surface area (Å²) in [6.45, 7) is 8.52. The van der Waals surface area contributed by atoms with Gasteiger partial charge in [-0.2, -0.15) is 0 Å². The third-order valence-electron chi connectivity index (χ3n) is 5.23. The Hall–Kier alpha value is -0.860. The Morgan fingerprint density at radius 3 is 1.62 bits per heavy atom. The average molecular weight is 335 g/mol. The molecule has 2 N–H and O–H groups in total. The van der Waals surface area contributed by atoms with Crippen LogP contribution in [0.25, 0.3) is 0 Å². The van der Waals surface area contributed by atoms with Gasteiger partial charge in [-0.25, -0.2) is 0 Å². The van der Waals surface area contributed by atoms with Gasteiger partial charge < -0.3 is 10.2 Å². The summed E-state index contributed by atoms with van der Waals surface area (Å²) in [6, 6.07) is 10.3. The zero-order valence-electron chi connectivity index (χ0n) is 16.2. The maximum atomic E-state index is 11.5. The van der Waals surface area contributed by atoms with E-state index >= 15 is 0 Å². The SMILES string of the molecule is CCCC(O)(CCC)CC(c1ccccc1)C(O)(CCC)CCC. The van der Waals surface area contributed by atoms with Crippen molar-refractivity contribution in [1.82, 2.24) is 0 Å². The van der Waals surface area contributed by atoms with Gasteiger partial charge >= 0.3 is 0 Å². The van der Waals surface area contributed by atoms with Gasteiger partial charge in [0.25, 0.3) is 0 Å². The second-order valence-electron chi connectivity index (χ2n) is 7.50. The highest BCUT2D eigenvalue weighted by Crippen LogP contribution is 2.43. The Bertz CT molecular complexity index is 429. The zero-order chi connectivity index (χ0) is 18.1. The minimum absolute atomic E-state index is 0.0123. The highest BCUT2D eigenvalue weighted by molar-refractivity contribution is 5.24. The molecule has 0 bridgehead atoms. The molecule has 2 nitrogen and oxygen atoms in total. The van der Waals surface area contributed by atoms with E-state index in [0.717, 1.165) is 56.9 Å². The van der Waals surface area contributed by atoms with E-state index in [1.165, 1.54) is 0 Å². The van der Waals surface area contributed by atoms with Crippen molar-refractivity contribution in [3.63, 3.8) is 0 Å². The molecule has 0 fully saturated rings. The molecule has 0 amide bonds. The molecule has 1 atom stereocenters. The van der Waals surface area contributed by atoms with Crippen molar-refractivity contribution >= 4 is 0 Å². The Kier molecular flexibility index (Phi) is 9.01. The van der Waals surface area contributed by atoms with Crippen LogP contribution in [0.2, 0.25) is 0 Å². The lowest BCUT2D eigenvalue weighted by molar-refractivity contribution is -0.0553. The van der Waals surface area contributed by atoms with Crippen LogP contribution in [0, 0.1) is 0 Å². The molecule has 0 saturated carbocycles. The van der Waals surface area contributed by atoms with Gasteiger partial charge in [0.05, 0.1) is 11.2 Å². The molecule has 0 radical (unpaired) electrons. The lowest BCUT2D eigenvalue weighted by atomic mass is 9.70. The van der Waals surface area contributed by atoms with Gasteiger partial charge in [0.2, 0.25) is 0 Å². The fourth-order valence-electron chi connectivity index (χ4n) is 4.28. The summed E-state index contributed by atoms with van der Waals surface area (Å²) < 4.78 is 0. The van der Waals surface area contributed by atoms with E-state index in [0.29, 0.717) is 6.42 Å². The van der Waals surface area contributed by atoms with Crippen LogP contribution in [0.4, 0.5) is 0 Å². The molecule has 1 rings (SSSR count). The van der Waals surface area contributed by atoms with E-state index in [1.54, 1.807) is 0 Å². The molecule has 2 heteroatoms. The standard InChI is InChI=1S/C22H38O2/c1-5-14-21(23,15-6-2)18-20(19-12-10-9-11-13-19)22(24,16-7-3)17-8-4/h9-13,20,23-24H,5-8,14-18H2,1-4H3. The molecule has 0 aliphatic rings. The van der Waals surface area contributed by atoms with Crippen molar-refractivity contribution in [3.05, 3.63) is 35.9 Å². The van der Waals surface area contributed by atoms with Crippen LogP contribution in [0.15, 0.2) is 30.3 Å². The number of aliphatic hydroxyl groups is 2. The number of hydrogen-bond acceptors (Lipinski definition) is 2. The Labute approximate surface area is 149 Å². The largest absolute Gasteiger partial charge is 0.390 e. The second kappa shape index (κ2) is 10.2. The van der Waals surface area contributed by atoms with E-state index in [1.807, 2.05) is 18.2 Å². The average Bonchev–Trinajstić information content (AvgIpc) is 2.54. The third kappa shape index (κ3) is 5.89. The summed E-state index contributed by atoms with van der Waals surface area (Å²) in [4.78, 5) is 0. The summed E-state index contributed by atoms with van der Waals surface area (Å²) in [6.07, 6.45) is 7.69. The molecule has 1 unspecified atom stereocenters. The first-order valence-corrected chi connectivity index (χ1v) is 9.94. The Balaban J connectivity index is 3.22. The van der Waals surface area contributed by atoms with Crippen molar-refractivity contribution in [2.45, 2.75) is 103 Å². The topological polar surface area (TPSA) is 40.5 Å². The third-order valence-corrected chi connectivity index (χ3v) is 5.23. The van der Waals surface area contributed by atoms with Gasteiger partial charge in [-0.15, -0.1) is 0 Å². The van der Waals surface area contributed by atoms with Crippen LogP contribution >= 0.6 is 0 Å². The summed E-state index contributed by atoms with van der Waals surface area (Å²) in [5.41, 5.74) is -0.257. The second-order valence-corrected chi connectivity index (χ2v) is 7.50. The fraction of sp³-hybridized carbons (Fsp3) is 0.727. The van der Waals surface area contributed by atoms with E-state index in [2.05, 4.69) is 39.8 Å². The van der Waals surface area contributed by atoms with Crippen LogP contribution in [0.1, 0.15) is 97.0 Å². The predicted octanol–water partition coefficient (Wildman–Crippen LogP) is 5.82. The first-order chi connectivity index (χ1) is 11.4. The molecular formula is C22H38O2. The van der Waals surface area contributed by atoms with Crippen LogP contribution in [0.5, 0.6) is 0 Å². The highest BCUT2D eigenvalue weighted by atomic mass is 16.3. The predicted molar refractivity (Wildman–Crippen MR) is 103 cm³/mol. The smallest absolute Gasteiger partial charge is 0.0716 e. The fourth-order valence-corrected chi connectivity index (χ4v) is 4.28. The molecule has 0 spiro atoms. The van der Waals surface area contributed by atoms with Crippen molar-refractivity contribution in [2.75, 3.05) is 0 Å². The summed E-state index contributed by atoms with van der Waals surface area (Å²) in [7, 11) is 0. The van der Waals surface area contributed by atoms with Crippen LogP contribution in [-0.4, -0.2) is 21.4 Å². The number of rotatable bonds is 12. The molecule has 0 heterocycles. The van der Waals surface area contributed by atoms with Crippen molar-refractivity contribution < 1.29 is 10.2 Å². The summed E-state index contributed by atoms with van der Waals surface area (Å²) in [5, 5.41) is 22.7. The highest BCUT2D eigenvalue weighted by Gasteiger charge is 2.41. The molecule has 0 saturated heterocycles. The number of hydrogen-bond donors (Lipinski definition) is 2. The van der Waals surface area contributed by atoms with E-state index in [9.17, 15) is 10.2 Å². The normalized spacial score (nSPS) is 13.9. The first kappa shape index (κ1) is 21.2. The van der Waals surface area contributed by atoms with Crippen LogP contribution < -0.4 is 0 Å². The lowest BCUT2D eigenvalue weighted by Crippen LogP contribution is -2.42. The quantitative estimate of drug-likeness (QED) is 0.505. The van der Waals surface area contributed by atoms with Gasteiger partial charge in [0.15, 0.2) is 0 Å². The molecule has 0 aromatic heterocycles. The first-order valence-electron chi connectivity index (χ1n) is 9.94. The van der Waals surface area contributed by atoms with Gasteiger partial charge in [-0.3, -0.25) is 0 Å². The van der Waals surface area contributed by atoms with Crippen LogP contribution in [-0.2, 0) is 0 Å². The zero-order valence-corrected chi connectivity index (χ0v) is 16.2. The minimum Gasteiger partial charge on any atom is -0.390 e. The molecule has 0 aliphatic carbocycles. The van der Waals surface area contributed by atoms with Gasteiger partial charge in [-0.05, 0) is 37.7 Å². The van der Waals surface area contributed by atoms with Gasteiger partial charge in [0, 0.05) is 5.92 Å². The molecular weight excluding hydrogens is 296 g/mol. The van der Waals surface area contributed by atoms with E-state index < -0.39 is 11.2 Å². The van der Waals surface area contributed by atoms with E-state index in [-0.39, 0.29) is 5.92 Å². The van der Waals surface area contributed by atoms with E-state index in [4.69, 9.17) is 0 Å². The molecule has 138 valence electrons. The monoisotopic (exact) mass is 334 g/mol. The number of benzene rings is 1. The van der Waals surface area contributed by atoms with Gasteiger partial charge in [-0.1, -0.05) is 83.7 Å².